The molecule has 2 aliphatic heterocycles. The molecule has 4 aromatic rings. The van der Waals surface area contributed by atoms with Crippen LogP contribution in [0.1, 0.15) is 36.5 Å². The van der Waals surface area contributed by atoms with Gasteiger partial charge in [0.15, 0.2) is 0 Å². The summed E-state index contributed by atoms with van der Waals surface area (Å²) in [6.45, 7) is 5.18. The number of fused-ring (bicyclic) bond motifs is 1. The lowest BCUT2D eigenvalue weighted by Crippen LogP contribution is -2.35. The van der Waals surface area contributed by atoms with Gasteiger partial charge in [-0.2, -0.15) is 0 Å². The summed E-state index contributed by atoms with van der Waals surface area (Å²) < 4.78 is 5.64. The Kier molecular flexibility index (Phi) is 10.1. The summed E-state index contributed by atoms with van der Waals surface area (Å²) in [6, 6.07) is 15.7. The maximum atomic E-state index is 11.5. The summed E-state index contributed by atoms with van der Waals surface area (Å²) in [6.07, 6.45) is 3.57. The number of methoxy groups -OCH3 is 1. The van der Waals surface area contributed by atoms with Crippen LogP contribution in [0.2, 0.25) is 15.1 Å². The Bertz CT molecular complexity index is 1770. The molecule has 2 aromatic heterocycles. The van der Waals surface area contributed by atoms with Crippen LogP contribution in [0.3, 0.4) is 0 Å². The third kappa shape index (κ3) is 7.03. The third-order valence-electron chi connectivity index (χ3n) is 8.54. The van der Waals surface area contributed by atoms with Crippen LogP contribution in [-0.4, -0.2) is 64.8 Å². The minimum absolute atomic E-state index is 0.101. The first-order valence-electron chi connectivity index (χ1n) is 15.4. The molecule has 0 spiro atoms. The summed E-state index contributed by atoms with van der Waals surface area (Å²) in [5.74, 6) is 0.605. The molecule has 4 heterocycles. The van der Waals surface area contributed by atoms with Crippen molar-refractivity contribution in [1.82, 2.24) is 25.5 Å². The Balaban J connectivity index is 1.26. The number of aromatic nitrogens is 2. The van der Waals surface area contributed by atoms with Crippen LogP contribution in [0, 0.1) is 0 Å². The summed E-state index contributed by atoms with van der Waals surface area (Å²) in [5.41, 5.74) is 7.56. The number of rotatable bonds is 10. The van der Waals surface area contributed by atoms with Gasteiger partial charge in [-0.05, 0) is 55.2 Å². The van der Waals surface area contributed by atoms with E-state index in [9.17, 15) is 9.90 Å². The first-order valence-corrected chi connectivity index (χ1v) is 16.5. The molecule has 6 rings (SSSR count). The van der Waals surface area contributed by atoms with Crippen molar-refractivity contribution in [2.75, 3.05) is 26.7 Å². The lowest BCUT2D eigenvalue weighted by Gasteiger charge is -2.30. The zero-order valence-electron chi connectivity index (χ0n) is 25.7. The van der Waals surface area contributed by atoms with E-state index in [1.165, 1.54) is 0 Å². The lowest BCUT2D eigenvalue weighted by atomic mass is 9.94. The van der Waals surface area contributed by atoms with E-state index < -0.39 is 6.10 Å². The molecule has 0 unspecified atom stereocenters. The average molecular weight is 681 g/mol. The van der Waals surface area contributed by atoms with Crippen LogP contribution in [0.15, 0.2) is 54.7 Å². The maximum absolute atomic E-state index is 11.5. The fourth-order valence-corrected chi connectivity index (χ4v) is 7.22. The molecule has 0 aliphatic carbocycles. The van der Waals surface area contributed by atoms with E-state index in [2.05, 4.69) is 26.6 Å². The number of aliphatic hydroxyl groups excluding tert-OH is 1. The monoisotopic (exact) mass is 679 g/mol. The zero-order chi connectivity index (χ0) is 32.4. The minimum Gasteiger partial charge on any atom is -0.481 e. The third-order valence-corrected chi connectivity index (χ3v) is 9.67. The standard InChI is InChI=1S/C35H36Cl3N5O3/c1-20(44)18-43-13-11-21-14-23(15-29(36)28(21)19-43)34-33(38)26(10-12-40-34)25-4-3-5-27(32(25)37)30-8-6-22(35(42-30)46-2)16-39-17-24-7-9-31(45)41-24/h3-6,8,10,12,14-15,20,24,39,44H,7,9,11,13,16-19H2,1-2H3,(H,41,45)/t20-,24+/m0/s1. The number of carbonyl (C=O) groups is 1. The van der Waals surface area contributed by atoms with Gasteiger partial charge < -0.3 is 20.5 Å². The molecule has 11 heteroatoms. The Morgan fingerprint density at radius 1 is 1.09 bits per heavy atom. The van der Waals surface area contributed by atoms with Gasteiger partial charge in [-0.1, -0.05) is 59.1 Å². The highest BCUT2D eigenvalue weighted by Crippen LogP contribution is 2.42. The number of benzene rings is 2. The van der Waals surface area contributed by atoms with Crippen LogP contribution in [0.25, 0.3) is 33.6 Å². The molecule has 1 saturated heterocycles. The summed E-state index contributed by atoms with van der Waals surface area (Å²) in [7, 11) is 1.60. The number of aliphatic hydroxyl groups is 1. The van der Waals surface area contributed by atoms with E-state index in [1.54, 1.807) is 20.2 Å². The summed E-state index contributed by atoms with van der Waals surface area (Å²) >= 11 is 20.9. The number of halogens is 3. The van der Waals surface area contributed by atoms with Crippen molar-refractivity contribution in [2.24, 2.45) is 0 Å². The predicted octanol–water partition coefficient (Wildman–Crippen LogP) is 6.55. The Morgan fingerprint density at radius 3 is 2.65 bits per heavy atom. The van der Waals surface area contributed by atoms with E-state index in [4.69, 9.17) is 44.5 Å². The van der Waals surface area contributed by atoms with Gasteiger partial charge in [0.05, 0.1) is 34.6 Å². The number of hydrogen-bond acceptors (Lipinski definition) is 7. The molecular formula is C35H36Cl3N5O3. The van der Waals surface area contributed by atoms with Gasteiger partial charge >= 0.3 is 0 Å². The molecular weight excluding hydrogens is 645 g/mol. The van der Waals surface area contributed by atoms with Gasteiger partial charge in [0.25, 0.3) is 0 Å². The molecule has 0 saturated carbocycles. The second-order valence-electron chi connectivity index (χ2n) is 11.9. The molecule has 2 aliphatic rings. The van der Waals surface area contributed by atoms with Crippen molar-refractivity contribution in [1.29, 1.82) is 0 Å². The molecule has 46 heavy (non-hydrogen) atoms. The Labute approximate surface area is 284 Å². The molecule has 1 fully saturated rings. The van der Waals surface area contributed by atoms with Gasteiger partial charge in [0.1, 0.15) is 0 Å². The van der Waals surface area contributed by atoms with Crippen molar-refractivity contribution in [2.45, 2.75) is 51.4 Å². The number of β-amino-alcohol motifs (C(OH)–C–C–N with tert-alkyl or cyclic N) is 1. The number of nitrogens with zero attached hydrogens (tertiary/aromatic N) is 3. The normalized spacial score (nSPS) is 17.1. The largest absolute Gasteiger partial charge is 0.481 e. The number of ether oxygens (including phenoxy) is 1. The highest BCUT2D eigenvalue weighted by molar-refractivity contribution is 6.39. The number of pyridine rings is 2. The highest BCUT2D eigenvalue weighted by Gasteiger charge is 2.24. The van der Waals surface area contributed by atoms with Gasteiger partial charge in [-0.3, -0.25) is 14.7 Å². The molecule has 1 amide bonds. The van der Waals surface area contributed by atoms with Crippen LogP contribution >= 0.6 is 34.8 Å². The molecule has 0 bridgehead atoms. The summed E-state index contributed by atoms with van der Waals surface area (Å²) in [5, 5.41) is 17.9. The number of nitrogens with one attached hydrogen (secondary N) is 2. The molecule has 0 radical (unpaired) electrons. The molecule has 8 nitrogen and oxygen atoms in total. The second-order valence-corrected chi connectivity index (χ2v) is 13.1. The topological polar surface area (TPSA) is 99.6 Å². The van der Waals surface area contributed by atoms with Crippen LogP contribution in [0.5, 0.6) is 5.88 Å². The second kappa shape index (κ2) is 14.3. The quantitative estimate of drug-likeness (QED) is 0.175. The fraction of sp³-hybridized carbons (Fsp3) is 0.343. The van der Waals surface area contributed by atoms with Gasteiger partial charge in [-0.15, -0.1) is 0 Å². The number of carbonyl (C=O) groups excluding carboxylic acids is 1. The van der Waals surface area contributed by atoms with Crippen LogP contribution in [0.4, 0.5) is 0 Å². The van der Waals surface area contributed by atoms with Gasteiger partial charge in [0.2, 0.25) is 11.8 Å². The van der Waals surface area contributed by atoms with E-state index in [0.717, 1.165) is 58.3 Å². The highest BCUT2D eigenvalue weighted by atomic mass is 35.5. The minimum atomic E-state index is -0.394. The predicted molar refractivity (Wildman–Crippen MR) is 183 cm³/mol. The van der Waals surface area contributed by atoms with Crippen molar-refractivity contribution in [3.8, 4) is 39.5 Å². The Hall–Kier alpha value is -3.24. The first-order chi connectivity index (χ1) is 22.2. The summed E-state index contributed by atoms with van der Waals surface area (Å²) in [4.78, 5) is 23.1. The maximum Gasteiger partial charge on any atom is 0.220 e. The SMILES string of the molecule is COc1nc(-c2cccc(-c3ccnc(-c4cc(Cl)c5c(c4)CCN(C[C@H](C)O)C5)c3Cl)c2Cl)ccc1CNC[C@H]1CCC(=O)N1. The van der Waals surface area contributed by atoms with E-state index in [0.29, 0.717) is 64.9 Å². The number of amides is 1. The van der Waals surface area contributed by atoms with Crippen molar-refractivity contribution < 1.29 is 14.6 Å². The number of hydrogen-bond donors (Lipinski definition) is 3. The molecule has 240 valence electrons. The van der Waals surface area contributed by atoms with E-state index in [-0.39, 0.29) is 11.9 Å². The molecule has 2 aromatic carbocycles. The molecule has 3 N–H and O–H groups in total. The van der Waals surface area contributed by atoms with Crippen molar-refractivity contribution in [3.05, 3.63) is 86.5 Å². The molecule has 2 atom stereocenters. The lowest BCUT2D eigenvalue weighted by molar-refractivity contribution is -0.119. The zero-order valence-corrected chi connectivity index (χ0v) is 28.0. The first kappa shape index (κ1) is 32.7. The Morgan fingerprint density at radius 2 is 1.89 bits per heavy atom. The van der Waals surface area contributed by atoms with Crippen LogP contribution in [-0.2, 0) is 24.3 Å². The fourth-order valence-electron chi connectivity index (χ4n) is 6.27. The van der Waals surface area contributed by atoms with Gasteiger partial charge in [0, 0.05) is 84.2 Å². The van der Waals surface area contributed by atoms with Crippen molar-refractivity contribution >= 4 is 40.7 Å². The van der Waals surface area contributed by atoms with E-state index >= 15 is 0 Å². The average Bonchev–Trinajstić information content (AvgIpc) is 3.46. The van der Waals surface area contributed by atoms with Gasteiger partial charge in [-0.25, -0.2) is 4.98 Å². The van der Waals surface area contributed by atoms with E-state index in [1.807, 2.05) is 42.5 Å². The van der Waals surface area contributed by atoms with Crippen LogP contribution < -0.4 is 15.4 Å². The van der Waals surface area contributed by atoms with Crippen molar-refractivity contribution in [3.63, 3.8) is 0 Å². The smallest absolute Gasteiger partial charge is 0.220 e.